The highest BCUT2D eigenvalue weighted by molar-refractivity contribution is 9.10. The Balaban J connectivity index is 2.35. The summed E-state index contributed by atoms with van der Waals surface area (Å²) in [4.78, 5) is 4.85. The third-order valence-corrected chi connectivity index (χ3v) is 4.56. The van der Waals surface area contributed by atoms with Gasteiger partial charge in [0.05, 0.1) is 30.1 Å². The lowest BCUT2D eigenvalue weighted by molar-refractivity contribution is 0.110. The average Bonchev–Trinajstić information content (AvgIpc) is 2.43. The molecule has 0 saturated carbocycles. The van der Waals surface area contributed by atoms with Gasteiger partial charge in [0.25, 0.3) is 0 Å². The first-order chi connectivity index (χ1) is 9.22. The topological polar surface area (TPSA) is 34.2 Å². The molecule has 0 saturated heterocycles. The molecule has 1 N–H and O–H groups in total. The molecule has 0 radical (unpaired) electrons. The number of nitrogens with zero attached hydrogens (tertiary/aromatic N) is 1. The average molecular weight is 321 g/mol. The van der Waals surface area contributed by atoms with Gasteiger partial charge in [-0.15, -0.1) is 0 Å². The van der Waals surface area contributed by atoms with E-state index in [0.29, 0.717) is 6.61 Å². The molecule has 3 rings (SSSR count). The fraction of sp³-hybridized carbons (Fsp3) is 0.400. The van der Waals surface area contributed by atoms with Crippen molar-refractivity contribution < 1.29 is 4.74 Å². The molecule has 1 aliphatic heterocycles. The van der Waals surface area contributed by atoms with Gasteiger partial charge >= 0.3 is 0 Å². The molecular weight excluding hydrogens is 304 g/mol. The summed E-state index contributed by atoms with van der Waals surface area (Å²) < 4.78 is 6.69. The van der Waals surface area contributed by atoms with Crippen molar-refractivity contribution in [2.45, 2.75) is 26.9 Å². The van der Waals surface area contributed by atoms with Gasteiger partial charge in [-0.25, -0.2) is 0 Å². The number of benzene rings is 1. The second-order valence-electron chi connectivity index (χ2n) is 4.84. The maximum Gasteiger partial charge on any atom is 0.0870 e. The van der Waals surface area contributed by atoms with Gasteiger partial charge in [0.1, 0.15) is 0 Å². The molecule has 19 heavy (non-hydrogen) atoms. The Labute approximate surface area is 121 Å². The number of anilines is 1. The smallest absolute Gasteiger partial charge is 0.0870 e. The molecule has 3 nitrogen and oxygen atoms in total. The number of nitrogens with one attached hydrogen (secondary N) is 1. The minimum Gasteiger partial charge on any atom is -0.384 e. The van der Waals surface area contributed by atoms with Crippen LogP contribution >= 0.6 is 15.9 Å². The van der Waals surface area contributed by atoms with Crippen LogP contribution < -0.4 is 5.32 Å². The molecule has 1 aliphatic rings. The zero-order valence-electron chi connectivity index (χ0n) is 11.2. The lowest BCUT2D eigenvalue weighted by atomic mass is 10.0. The Morgan fingerprint density at radius 1 is 1.42 bits per heavy atom. The summed E-state index contributed by atoms with van der Waals surface area (Å²) in [7, 11) is 0. The third-order valence-electron chi connectivity index (χ3n) is 3.56. The van der Waals surface area contributed by atoms with Crippen molar-refractivity contribution in [3.05, 3.63) is 33.4 Å². The normalized spacial score (nSPS) is 14.5. The highest BCUT2D eigenvalue weighted by Gasteiger charge is 2.19. The molecule has 100 valence electrons. The molecule has 1 aromatic carbocycles. The first kappa shape index (κ1) is 12.9. The largest absolute Gasteiger partial charge is 0.384 e. The Morgan fingerprint density at radius 2 is 2.26 bits per heavy atom. The van der Waals surface area contributed by atoms with Gasteiger partial charge in [-0.2, -0.15) is 0 Å². The van der Waals surface area contributed by atoms with Gasteiger partial charge < -0.3 is 10.1 Å². The van der Waals surface area contributed by atoms with Gasteiger partial charge in [-0.3, -0.25) is 4.98 Å². The van der Waals surface area contributed by atoms with Crippen LogP contribution in [-0.4, -0.2) is 18.1 Å². The number of hydrogen-bond acceptors (Lipinski definition) is 3. The standard InChI is InChI=1S/C15H17BrN2O/c1-3-17-14-10-5-4-9(2)13(16)15(10)18-12-6-7-19-8-11(12)14/h4-5H,3,6-8H2,1-2H3,(H,17,18). The van der Waals surface area contributed by atoms with Crippen LogP contribution in [-0.2, 0) is 17.8 Å². The van der Waals surface area contributed by atoms with Gasteiger partial charge in [0.15, 0.2) is 0 Å². The summed E-state index contributed by atoms with van der Waals surface area (Å²) in [5.74, 6) is 0. The number of aryl methyl sites for hydroxylation is 1. The van der Waals surface area contributed by atoms with Crippen molar-refractivity contribution in [1.29, 1.82) is 0 Å². The maximum atomic E-state index is 5.59. The minimum absolute atomic E-state index is 0.659. The van der Waals surface area contributed by atoms with Crippen molar-refractivity contribution in [3.8, 4) is 0 Å². The zero-order chi connectivity index (χ0) is 13.4. The zero-order valence-corrected chi connectivity index (χ0v) is 12.8. The second kappa shape index (κ2) is 5.10. The lowest BCUT2D eigenvalue weighted by Crippen LogP contribution is -2.15. The summed E-state index contributed by atoms with van der Waals surface area (Å²) in [5.41, 5.74) is 5.84. The van der Waals surface area contributed by atoms with E-state index in [0.717, 1.165) is 29.6 Å². The molecule has 0 aliphatic carbocycles. The van der Waals surface area contributed by atoms with E-state index in [4.69, 9.17) is 9.72 Å². The van der Waals surface area contributed by atoms with Crippen LogP contribution in [0.5, 0.6) is 0 Å². The molecule has 2 aromatic rings. The van der Waals surface area contributed by atoms with Crippen LogP contribution in [0, 0.1) is 6.92 Å². The van der Waals surface area contributed by atoms with Crippen LogP contribution in [0.2, 0.25) is 0 Å². The molecule has 4 heteroatoms. The van der Waals surface area contributed by atoms with Gasteiger partial charge in [-0.1, -0.05) is 12.1 Å². The Hall–Kier alpha value is -1.13. The van der Waals surface area contributed by atoms with Crippen molar-refractivity contribution in [1.82, 2.24) is 4.98 Å². The molecule has 0 bridgehead atoms. The number of fused-ring (bicyclic) bond motifs is 2. The number of aromatic nitrogens is 1. The van der Waals surface area contributed by atoms with Crippen LogP contribution in [0.1, 0.15) is 23.7 Å². The van der Waals surface area contributed by atoms with Crippen LogP contribution in [0.15, 0.2) is 16.6 Å². The molecule has 1 aromatic heterocycles. The molecule has 0 amide bonds. The van der Waals surface area contributed by atoms with E-state index in [1.807, 2.05) is 0 Å². The summed E-state index contributed by atoms with van der Waals surface area (Å²) in [5, 5.41) is 4.65. The molecule has 0 spiro atoms. The summed E-state index contributed by atoms with van der Waals surface area (Å²) in [6, 6.07) is 4.28. The fourth-order valence-electron chi connectivity index (χ4n) is 2.57. The van der Waals surface area contributed by atoms with Crippen LogP contribution in [0.25, 0.3) is 10.9 Å². The molecule has 0 unspecified atom stereocenters. The van der Waals surface area contributed by atoms with E-state index in [1.165, 1.54) is 27.9 Å². The SMILES string of the molecule is CCNc1c2c(nc3c(Br)c(C)ccc13)CCOC2. The Morgan fingerprint density at radius 3 is 3.05 bits per heavy atom. The van der Waals surface area contributed by atoms with E-state index < -0.39 is 0 Å². The maximum absolute atomic E-state index is 5.59. The highest BCUT2D eigenvalue weighted by Crippen LogP contribution is 2.35. The number of hydrogen-bond donors (Lipinski definition) is 1. The monoisotopic (exact) mass is 320 g/mol. The minimum atomic E-state index is 0.659. The van der Waals surface area contributed by atoms with E-state index >= 15 is 0 Å². The fourth-order valence-corrected chi connectivity index (χ4v) is 3.00. The number of halogens is 1. The third kappa shape index (κ3) is 2.13. The quantitative estimate of drug-likeness (QED) is 0.913. The first-order valence-corrected chi connectivity index (χ1v) is 7.43. The van der Waals surface area contributed by atoms with E-state index in [2.05, 4.69) is 47.2 Å². The predicted molar refractivity (Wildman–Crippen MR) is 81.7 cm³/mol. The van der Waals surface area contributed by atoms with Gasteiger partial charge in [-0.05, 0) is 35.3 Å². The van der Waals surface area contributed by atoms with E-state index in [1.54, 1.807) is 0 Å². The predicted octanol–water partition coefficient (Wildman–Crippen LogP) is 3.81. The summed E-state index contributed by atoms with van der Waals surface area (Å²) in [6.07, 6.45) is 0.893. The van der Waals surface area contributed by atoms with Gasteiger partial charge in [0.2, 0.25) is 0 Å². The summed E-state index contributed by atoms with van der Waals surface area (Å²) in [6.45, 7) is 6.54. The molecular formula is C15H17BrN2O. The lowest BCUT2D eigenvalue weighted by Gasteiger charge is -2.22. The van der Waals surface area contributed by atoms with Crippen LogP contribution in [0.3, 0.4) is 0 Å². The highest BCUT2D eigenvalue weighted by atomic mass is 79.9. The Kier molecular flexibility index (Phi) is 3.46. The van der Waals surface area contributed by atoms with E-state index in [-0.39, 0.29) is 0 Å². The van der Waals surface area contributed by atoms with E-state index in [9.17, 15) is 0 Å². The number of rotatable bonds is 2. The van der Waals surface area contributed by atoms with Crippen LogP contribution in [0.4, 0.5) is 5.69 Å². The number of ether oxygens (including phenoxy) is 1. The van der Waals surface area contributed by atoms with Crippen molar-refractivity contribution in [3.63, 3.8) is 0 Å². The van der Waals surface area contributed by atoms with Crippen molar-refractivity contribution >= 4 is 32.5 Å². The molecule has 0 fully saturated rings. The first-order valence-electron chi connectivity index (χ1n) is 6.64. The second-order valence-corrected chi connectivity index (χ2v) is 5.63. The number of pyridine rings is 1. The van der Waals surface area contributed by atoms with Crippen molar-refractivity contribution in [2.75, 3.05) is 18.5 Å². The van der Waals surface area contributed by atoms with Gasteiger partial charge in [0, 0.05) is 28.4 Å². The summed E-state index contributed by atoms with van der Waals surface area (Å²) >= 11 is 3.67. The molecule has 0 atom stereocenters. The Bertz CT molecular complexity index is 640. The molecule has 2 heterocycles. The van der Waals surface area contributed by atoms with Crippen molar-refractivity contribution in [2.24, 2.45) is 0 Å².